The van der Waals surface area contributed by atoms with Crippen LogP contribution in [0.1, 0.15) is 19.3 Å². The van der Waals surface area contributed by atoms with E-state index in [0.29, 0.717) is 4.90 Å². The van der Waals surface area contributed by atoms with Crippen LogP contribution < -0.4 is 10.2 Å². The molecule has 0 bridgehead atoms. The lowest BCUT2D eigenvalue weighted by Gasteiger charge is -2.27. The molecule has 82 valence electrons. The van der Waals surface area contributed by atoms with Gasteiger partial charge >= 0.3 is 0 Å². The third-order valence-corrected chi connectivity index (χ3v) is 2.03. The number of carboxylic acids is 2. The van der Waals surface area contributed by atoms with E-state index < -0.39 is 36.2 Å². The molecule has 1 rings (SSSR count). The number of carboxylic acid groups (broad SMARTS) is 2. The summed E-state index contributed by atoms with van der Waals surface area (Å²) in [5, 5.41) is 20.8. The predicted octanol–water partition coefficient (Wildman–Crippen LogP) is -3.61. The van der Waals surface area contributed by atoms with Crippen molar-refractivity contribution in [2.24, 2.45) is 0 Å². The van der Waals surface area contributed by atoms with E-state index in [1.807, 2.05) is 0 Å². The second-order valence-electron chi connectivity index (χ2n) is 3.07. The van der Waals surface area contributed by atoms with Gasteiger partial charge in [0.15, 0.2) is 0 Å². The highest BCUT2D eigenvalue weighted by Gasteiger charge is 2.35. The largest absolute Gasteiger partial charge is 0.550 e. The molecule has 0 aromatic rings. The molecule has 0 aliphatic carbocycles. The molecule has 1 unspecified atom stereocenters. The van der Waals surface area contributed by atoms with E-state index >= 15 is 0 Å². The van der Waals surface area contributed by atoms with E-state index in [1.54, 1.807) is 0 Å². The topological polar surface area (TPSA) is 118 Å². The number of amides is 2. The summed E-state index contributed by atoms with van der Waals surface area (Å²) in [5.74, 6) is -4.83. The zero-order valence-corrected chi connectivity index (χ0v) is 7.60. The van der Waals surface area contributed by atoms with Crippen LogP contribution in [0.25, 0.3) is 0 Å². The molecule has 1 aliphatic rings. The summed E-state index contributed by atoms with van der Waals surface area (Å²) in [6.07, 6.45) is -1.15. The summed E-state index contributed by atoms with van der Waals surface area (Å²) >= 11 is 0. The van der Waals surface area contributed by atoms with Crippen LogP contribution >= 0.6 is 0 Å². The Morgan fingerprint density at radius 3 is 2.00 bits per heavy atom. The van der Waals surface area contributed by atoms with E-state index in [4.69, 9.17) is 0 Å². The van der Waals surface area contributed by atoms with Crippen molar-refractivity contribution in [3.63, 3.8) is 0 Å². The number of nitrogens with zero attached hydrogens (tertiary/aromatic N) is 1. The average molecular weight is 213 g/mol. The minimum Gasteiger partial charge on any atom is -0.550 e. The lowest BCUT2D eigenvalue weighted by molar-refractivity contribution is -0.319. The first-order chi connectivity index (χ1) is 6.93. The van der Waals surface area contributed by atoms with Gasteiger partial charge in [0.1, 0.15) is 0 Å². The summed E-state index contributed by atoms with van der Waals surface area (Å²) in [6.45, 7) is 0. The zero-order chi connectivity index (χ0) is 11.6. The van der Waals surface area contributed by atoms with Gasteiger partial charge in [-0.25, -0.2) is 0 Å². The van der Waals surface area contributed by atoms with Crippen molar-refractivity contribution in [1.82, 2.24) is 4.90 Å². The Balaban J connectivity index is 2.88. The van der Waals surface area contributed by atoms with E-state index in [9.17, 15) is 29.4 Å². The van der Waals surface area contributed by atoms with Crippen LogP contribution in [0.3, 0.4) is 0 Å². The van der Waals surface area contributed by atoms with Crippen molar-refractivity contribution >= 4 is 23.8 Å². The molecule has 1 fully saturated rings. The molecular formula is C8H7NO6-2. The molecule has 1 aliphatic heterocycles. The lowest BCUT2D eigenvalue weighted by atomic mass is 10.2. The first kappa shape index (κ1) is 11.2. The van der Waals surface area contributed by atoms with Gasteiger partial charge in [0.25, 0.3) is 0 Å². The molecular weight excluding hydrogens is 206 g/mol. The van der Waals surface area contributed by atoms with E-state index in [-0.39, 0.29) is 12.8 Å². The highest BCUT2D eigenvalue weighted by molar-refractivity contribution is 6.05. The van der Waals surface area contributed by atoms with Crippen LogP contribution in [0.2, 0.25) is 0 Å². The molecule has 0 N–H and O–H groups in total. The minimum absolute atomic E-state index is 0.102. The highest BCUT2D eigenvalue weighted by Crippen LogP contribution is 2.16. The van der Waals surface area contributed by atoms with E-state index in [1.165, 1.54) is 0 Å². The Labute approximate surface area is 84.3 Å². The summed E-state index contributed by atoms with van der Waals surface area (Å²) in [7, 11) is 0. The minimum atomic E-state index is -1.78. The molecule has 0 radical (unpaired) electrons. The van der Waals surface area contributed by atoms with Gasteiger partial charge in [-0.3, -0.25) is 14.5 Å². The van der Waals surface area contributed by atoms with Crippen LogP contribution in [-0.4, -0.2) is 34.7 Å². The van der Waals surface area contributed by atoms with Crippen molar-refractivity contribution in [3.05, 3.63) is 0 Å². The number of hydrogen-bond acceptors (Lipinski definition) is 6. The molecule has 7 heteroatoms. The molecule has 7 nitrogen and oxygen atoms in total. The fourth-order valence-corrected chi connectivity index (χ4v) is 1.38. The average Bonchev–Trinajstić information content (AvgIpc) is 2.42. The van der Waals surface area contributed by atoms with Gasteiger partial charge < -0.3 is 19.8 Å². The van der Waals surface area contributed by atoms with Gasteiger partial charge in [-0.15, -0.1) is 0 Å². The summed E-state index contributed by atoms with van der Waals surface area (Å²) < 4.78 is 0. The van der Waals surface area contributed by atoms with Gasteiger partial charge in [-0.1, -0.05) is 0 Å². The normalized spacial score (nSPS) is 18.0. The molecule has 1 atom stereocenters. The van der Waals surface area contributed by atoms with Crippen LogP contribution in [0.15, 0.2) is 0 Å². The third kappa shape index (κ3) is 2.30. The standard InChI is InChI=1S/C8H9NO6/c10-5-1-2-6(11)9(5)4(8(14)15)3-7(12)13/h4H,1-3H2,(H,12,13)(H,14,15)/p-2. The Morgan fingerprint density at radius 1 is 1.20 bits per heavy atom. The number of likely N-dealkylation sites (tertiary alicyclic amines) is 1. The fourth-order valence-electron chi connectivity index (χ4n) is 1.38. The smallest absolute Gasteiger partial charge is 0.230 e. The first-order valence-electron chi connectivity index (χ1n) is 4.19. The second kappa shape index (κ2) is 4.07. The number of aliphatic carboxylic acids is 2. The second-order valence-corrected chi connectivity index (χ2v) is 3.07. The predicted molar refractivity (Wildman–Crippen MR) is 39.5 cm³/mol. The van der Waals surface area contributed by atoms with Crippen molar-refractivity contribution in [3.8, 4) is 0 Å². The molecule has 1 saturated heterocycles. The molecule has 0 aromatic carbocycles. The Kier molecular flexibility index (Phi) is 3.03. The maximum atomic E-state index is 11.1. The molecule has 0 aromatic heterocycles. The molecule has 0 spiro atoms. The van der Waals surface area contributed by atoms with Gasteiger partial charge in [0.2, 0.25) is 11.8 Å². The number of imide groups is 1. The van der Waals surface area contributed by atoms with Crippen LogP contribution in [0.4, 0.5) is 0 Å². The summed E-state index contributed by atoms with van der Waals surface area (Å²) in [6, 6.07) is -1.77. The SMILES string of the molecule is O=C([O-])CC(C(=O)[O-])N1C(=O)CCC1=O. The quantitative estimate of drug-likeness (QED) is 0.445. The van der Waals surface area contributed by atoms with Gasteiger partial charge in [0.05, 0.1) is 12.0 Å². The Morgan fingerprint density at radius 2 is 1.67 bits per heavy atom. The number of rotatable bonds is 4. The zero-order valence-electron chi connectivity index (χ0n) is 7.60. The van der Waals surface area contributed by atoms with E-state index in [2.05, 4.69) is 0 Å². The first-order valence-corrected chi connectivity index (χ1v) is 4.19. The van der Waals surface area contributed by atoms with Gasteiger partial charge in [-0.05, 0) is 0 Å². The van der Waals surface area contributed by atoms with Gasteiger partial charge in [-0.2, -0.15) is 0 Å². The molecule has 0 saturated carbocycles. The van der Waals surface area contributed by atoms with Crippen molar-refractivity contribution in [1.29, 1.82) is 0 Å². The monoisotopic (exact) mass is 213 g/mol. The molecule has 15 heavy (non-hydrogen) atoms. The van der Waals surface area contributed by atoms with Crippen molar-refractivity contribution < 1.29 is 29.4 Å². The van der Waals surface area contributed by atoms with E-state index in [0.717, 1.165) is 0 Å². The lowest BCUT2D eigenvalue weighted by Crippen LogP contribution is -2.52. The highest BCUT2D eigenvalue weighted by atomic mass is 16.4. The van der Waals surface area contributed by atoms with Crippen LogP contribution in [0.5, 0.6) is 0 Å². The number of carbonyl (C=O) groups excluding carboxylic acids is 4. The van der Waals surface area contributed by atoms with Crippen LogP contribution in [0, 0.1) is 0 Å². The number of carbonyl (C=O) groups is 4. The summed E-state index contributed by atoms with van der Waals surface area (Å²) in [4.78, 5) is 43.4. The number of hydrogen-bond donors (Lipinski definition) is 0. The fraction of sp³-hybridized carbons (Fsp3) is 0.500. The van der Waals surface area contributed by atoms with Crippen LogP contribution in [-0.2, 0) is 19.2 Å². The van der Waals surface area contributed by atoms with Crippen molar-refractivity contribution in [2.75, 3.05) is 0 Å². The Hall–Kier alpha value is -1.92. The van der Waals surface area contributed by atoms with Crippen molar-refractivity contribution in [2.45, 2.75) is 25.3 Å². The molecule has 2 amide bonds. The maximum absolute atomic E-state index is 11.1. The van der Waals surface area contributed by atoms with Gasteiger partial charge in [0, 0.05) is 25.2 Å². The summed E-state index contributed by atoms with van der Waals surface area (Å²) in [5.41, 5.74) is 0. The third-order valence-electron chi connectivity index (χ3n) is 2.03. The molecule has 1 heterocycles. The Bertz CT molecular complexity index is 320. The maximum Gasteiger partial charge on any atom is 0.230 e.